The smallest absolute Gasteiger partial charge is 0.258 e. The zero-order chi connectivity index (χ0) is 11.4. The monoisotopic (exact) mass is 253 g/mol. The molecule has 0 aliphatic heterocycles. The summed E-state index contributed by atoms with van der Waals surface area (Å²) < 4.78 is 0. The Morgan fingerprint density at radius 3 is 3.06 bits per heavy atom. The minimum atomic E-state index is -0.115. The molecule has 0 fully saturated rings. The molecule has 1 amide bonds. The fraction of sp³-hybridized carbons (Fsp3) is 0.300. The zero-order valence-electron chi connectivity index (χ0n) is 8.77. The number of carbonyl (C=O) groups excluding carboxylic acids is 1. The number of aromatic nitrogens is 2. The van der Waals surface area contributed by atoms with Crippen molar-refractivity contribution in [3.05, 3.63) is 27.4 Å². The number of anilines is 1. The molecular weight excluding hydrogens is 242 g/mol. The predicted octanol–water partition coefficient (Wildman–Crippen LogP) is 2.80. The van der Waals surface area contributed by atoms with Crippen molar-refractivity contribution in [3.8, 4) is 0 Å². The number of rotatable bonds is 4. The molecule has 2 rings (SSSR count). The number of nitrogens with one attached hydrogen (secondary N) is 1. The maximum absolute atomic E-state index is 11.8. The number of amides is 1. The lowest BCUT2D eigenvalue weighted by Crippen LogP contribution is -2.10. The normalized spacial score (nSPS) is 10.3. The highest BCUT2D eigenvalue weighted by atomic mass is 32.1. The summed E-state index contributed by atoms with van der Waals surface area (Å²) in [5.74, 6) is -0.115. The van der Waals surface area contributed by atoms with E-state index in [1.165, 1.54) is 16.2 Å². The van der Waals surface area contributed by atoms with E-state index in [1.54, 1.807) is 16.8 Å². The first-order valence-electron chi connectivity index (χ1n) is 4.94. The van der Waals surface area contributed by atoms with Gasteiger partial charge in [0.05, 0.1) is 5.56 Å². The van der Waals surface area contributed by atoms with Crippen molar-refractivity contribution in [3.63, 3.8) is 0 Å². The molecule has 0 radical (unpaired) electrons. The third-order valence-corrected chi connectivity index (χ3v) is 3.60. The second kappa shape index (κ2) is 5.18. The summed E-state index contributed by atoms with van der Waals surface area (Å²) >= 11 is 2.93. The summed E-state index contributed by atoms with van der Waals surface area (Å²) in [5.41, 5.74) is 2.29. The first-order chi connectivity index (χ1) is 7.79. The van der Waals surface area contributed by atoms with Crippen molar-refractivity contribution in [1.29, 1.82) is 0 Å². The van der Waals surface area contributed by atoms with Gasteiger partial charge in [0.1, 0.15) is 5.51 Å². The number of nitrogens with zero attached hydrogens (tertiary/aromatic N) is 2. The summed E-state index contributed by atoms with van der Waals surface area (Å²) in [6, 6.07) is 1.94. The topological polar surface area (TPSA) is 54.9 Å². The Bertz CT molecular complexity index is 464. The molecule has 2 aromatic heterocycles. The molecule has 1 N–H and O–H groups in total. The third kappa shape index (κ3) is 2.65. The number of hydrogen-bond donors (Lipinski definition) is 1. The van der Waals surface area contributed by atoms with Gasteiger partial charge < -0.3 is 0 Å². The van der Waals surface area contributed by atoms with Crippen LogP contribution in [0.25, 0.3) is 0 Å². The van der Waals surface area contributed by atoms with Crippen LogP contribution in [0, 0.1) is 0 Å². The van der Waals surface area contributed by atoms with Crippen LogP contribution in [0.1, 0.15) is 28.6 Å². The second-order valence-corrected chi connectivity index (χ2v) is 5.08. The van der Waals surface area contributed by atoms with Crippen LogP contribution in [0.5, 0.6) is 0 Å². The van der Waals surface area contributed by atoms with Crippen molar-refractivity contribution in [2.75, 3.05) is 5.32 Å². The molecule has 0 spiro atoms. The standard InChI is InChI=1S/C10H11N3OS2/c1-2-3-8-4-7(5-15-8)9(14)12-10-13-11-6-16-10/h4-6H,2-3H2,1H3,(H,12,13,14). The molecule has 0 bridgehead atoms. The molecule has 0 saturated heterocycles. The van der Waals surface area contributed by atoms with Gasteiger partial charge in [-0.15, -0.1) is 21.5 Å². The van der Waals surface area contributed by atoms with Gasteiger partial charge >= 0.3 is 0 Å². The van der Waals surface area contributed by atoms with Crippen molar-refractivity contribution < 1.29 is 4.79 Å². The fourth-order valence-electron chi connectivity index (χ4n) is 1.27. The average molecular weight is 253 g/mol. The molecule has 2 aromatic rings. The fourth-order valence-corrected chi connectivity index (χ4v) is 2.68. The van der Waals surface area contributed by atoms with Gasteiger partial charge in [0, 0.05) is 10.3 Å². The van der Waals surface area contributed by atoms with Gasteiger partial charge in [-0.2, -0.15) is 0 Å². The Kier molecular flexibility index (Phi) is 3.63. The molecule has 0 atom stereocenters. The highest BCUT2D eigenvalue weighted by Crippen LogP contribution is 2.18. The highest BCUT2D eigenvalue weighted by molar-refractivity contribution is 7.13. The molecule has 0 aliphatic rings. The van der Waals surface area contributed by atoms with E-state index in [1.807, 2.05) is 11.4 Å². The minimum absolute atomic E-state index is 0.115. The number of carbonyl (C=O) groups is 1. The molecule has 84 valence electrons. The minimum Gasteiger partial charge on any atom is -0.296 e. The van der Waals surface area contributed by atoms with Crippen LogP contribution in [0.15, 0.2) is 17.0 Å². The maximum atomic E-state index is 11.8. The van der Waals surface area contributed by atoms with Crippen molar-refractivity contribution >= 4 is 33.7 Å². The van der Waals surface area contributed by atoms with Gasteiger partial charge in [0.15, 0.2) is 0 Å². The van der Waals surface area contributed by atoms with Crippen LogP contribution >= 0.6 is 22.7 Å². The van der Waals surface area contributed by atoms with Gasteiger partial charge in [-0.25, -0.2) is 0 Å². The lowest BCUT2D eigenvalue weighted by atomic mass is 10.2. The van der Waals surface area contributed by atoms with Crippen LogP contribution in [0.4, 0.5) is 5.13 Å². The summed E-state index contributed by atoms with van der Waals surface area (Å²) in [6.45, 7) is 2.13. The van der Waals surface area contributed by atoms with Crippen LogP contribution < -0.4 is 5.32 Å². The SMILES string of the molecule is CCCc1cc(C(=O)Nc2nncs2)cs1. The number of thiophene rings is 1. The third-order valence-electron chi connectivity index (χ3n) is 1.99. The molecule has 0 saturated carbocycles. The van der Waals surface area contributed by atoms with E-state index >= 15 is 0 Å². The summed E-state index contributed by atoms with van der Waals surface area (Å²) in [4.78, 5) is 13.0. The van der Waals surface area contributed by atoms with Gasteiger partial charge in [-0.3, -0.25) is 10.1 Å². The van der Waals surface area contributed by atoms with E-state index in [4.69, 9.17) is 0 Å². The Balaban J connectivity index is 2.03. The molecule has 16 heavy (non-hydrogen) atoms. The van der Waals surface area contributed by atoms with Gasteiger partial charge in [0.25, 0.3) is 5.91 Å². The van der Waals surface area contributed by atoms with E-state index in [9.17, 15) is 4.79 Å². The molecule has 0 unspecified atom stereocenters. The van der Waals surface area contributed by atoms with Crippen LogP contribution in [0.3, 0.4) is 0 Å². The van der Waals surface area contributed by atoms with Crippen LogP contribution in [-0.4, -0.2) is 16.1 Å². The maximum Gasteiger partial charge on any atom is 0.258 e. The van der Waals surface area contributed by atoms with E-state index in [0.717, 1.165) is 12.8 Å². The Labute approximate surface area is 101 Å². The second-order valence-electron chi connectivity index (χ2n) is 3.25. The molecular formula is C10H11N3OS2. The number of hydrogen-bond acceptors (Lipinski definition) is 5. The van der Waals surface area contributed by atoms with E-state index in [0.29, 0.717) is 10.7 Å². The Morgan fingerprint density at radius 2 is 2.38 bits per heavy atom. The van der Waals surface area contributed by atoms with Gasteiger partial charge in [-0.05, 0) is 12.5 Å². The molecule has 0 aromatic carbocycles. The first kappa shape index (κ1) is 11.2. The van der Waals surface area contributed by atoms with Gasteiger partial charge in [0.2, 0.25) is 5.13 Å². The number of aryl methyl sites for hydroxylation is 1. The first-order valence-corrected chi connectivity index (χ1v) is 6.70. The van der Waals surface area contributed by atoms with Crippen molar-refractivity contribution in [1.82, 2.24) is 10.2 Å². The molecule has 4 nitrogen and oxygen atoms in total. The van der Waals surface area contributed by atoms with Crippen molar-refractivity contribution in [2.45, 2.75) is 19.8 Å². The Hall–Kier alpha value is -1.27. The van der Waals surface area contributed by atoms with E-state index < -0.39 is 0 Å². The molecule has 0 aliphatic carbocycles. The van der Waals surface area contributed by atoms with E-state index in [-0.39, 0.29) is 5.91 Å². The summed E-state index contributed by atoms with van der Waals surface area (Å²) in [5, 5.41) is 12.5. The average Bonchev–Trinajstić information content (AvgIpc) is 2.89. The quantitative estimate of drug-likeness (QED) is 0.911. The highest BCUT2D eigenvalue weighted by Gasteiger charge is 2.10. The lowest BCUT2D eigenvalue weighted by molar-refractivity contribution is 0.102. The largest absolute Gasteiger partial charge is 0.296 e. The Morgan fingerprint density at radius 1 is 1.50 bits per heavy atom. The van der Waals surface area contributed by atoms with Crippen LogP contribution in [-0.2, 0) is 6.42 Å². The lowest BCUT2D eigenvalue weighted by Gasteiger charge is -1.96. The summed E-state index contributed by atoms with van der Waals surface area (Å²) in [7, 11) is 0. The molecule has 6 heteroatoms. The predicted molar refractivity (Wildman–Crippen MR) is 66.2 cm³/mol. The van der Waals surface area contributed by atoms with Gasteiger partial charge in [-0.1, -0.05) is 24.7 Å². The van der Waals surface area contributed by atoms with Crippen LogP contribution in [0.2, 0.25) is 0 Å². The van der Waals surface area contributed by atoms with E-state index in [2.05, 4.69) is 22.4 Å². The molecule has 2 heterocycles. The zero-order valence-corrected chi connectivity index (χ0v) is 10.4. The van der Waals surface area contributed by atoms with Crippen molar-refractivity contribution in [2.24, 2.45) is 0 Å². The summed E-state index contributed by atoms with van der Waals surface area (Å²) in [6.07, 6.45) is 2.12.